The van der Waals surface area contributed by atoms with E-state index in [9.17, 15) is 13.2 Å². The van der Waals surface area contributed by atoms with Gasteiger partial charge in [-0.2, -0.15) is 5.10 Å². The second-order valence-corrected chi connectivity index (χ2v) is 7.22. The molecule has 1 aliphatic rings. The topological polar surface area (TPSA) is 85.4 Å². The number of furan rings is 1. The number of hydrogen-bond acceptors (Lipinski definition) is 5. The number of carbonyl (C=O) groups excluding carboxylic acids is 1. The molecular weight excluding hydrogens is 294 g/mol. The minimum atomic E-state index is -3.00. The number of sulfone groups is 1. The van der Waals surface area contributed by atoms with Gasteiger partial charge in [0.25, 0.3) is 5.91 Å². The molecule has 21 heavy (non-hydrogen) atoms. The summed E-state index contributed by atoms with van der Waals surface area (Å²) < 4.78 is 29.9. The second kappa shape index (κ2) is 5.36. The van der Waals surface area contributed by atoms with Crippen LogP contribution in [0.5, 0.6) is 0 Å². The highest BCUT2D eigenvalue weighted by molar-refractivity contribution is 7.91. The molecule has 2 aromatic heterocycles. The zero-order valence-corrected chi connectivity index (χ0v) is 12.1. The zero-order chi connectivity index (χ0) is 14.9. The van der Waals surface area contributed by atoms with E-state index in [0.717, 1.165) is 0 Å². The first-order valence-corrected chi connectivity index (χ1v) is 8.41. The fraction of sp³-hybridized carbons (Fsp3) is 0.385. The average Bonchev–Trinajstić information content (AvgIpc) is 3.10. The van der Waals surface area contributed by atoms with Gasteiger partial charge in [-0.1, -0.05) is 0 Å². The summed E-state index contributed by atoms with van der Waals surface area (Å²) in [5.41, 5.74) is 0. The Morgan fingerprint density at radius 1 is 1.29 bits per heavy atom. The maximum Gasteiger partial charge on any atom is 0.289 e. The molecule has 0 aromatic carbocycles. The number of amides is 1. The number of rotatable bonds is 3. The molecule has 0 aliphatic carbocycles. The van der Waals surface area contributed by atoms with Gasteiger partial charge in [-0.3, -0.25) is 9.48 Å². The second-order valence-electron chi connectivity index (χ2n) is 4.91. The lowest BCUT2D eigenvalue weighted by Gasteiger charge is -2.25. The highest BCUT2D eigenvalue weighted by Gasteiger charge is 2.27. The van der Waals surface area contributed by atoms with Crippen LogP contribution < -0.4 is 0 Å². The van der Waals surface area contributed by atoms with Crippen LogP contribution in [0.2, 0.25) is 0 Å². The normalized spacial score (nSPS) is 17.8. The Morgan fingerprint density at radius 3 is 2.71 bits per heavy atom. The van der Waals surface area contributed by atoms with E-state index in [1.165, 1.54) is 4.90 Å². The number of nitrogens with zero attached hydrogens (tertiary/aromatic N) is 3. The summed E-state index contributed by atoms with van der Waals surface area (Å²) in [4.78, 5) is 13.8. The number of hydrogen-bond donors (Lipinski definition) is 0. The Balaban J connectivity index is 1.67. The van der Waals surface area contributed by atoms with Crippen molar-refractivity contribution in [1.29, 1.82) is 0 Å². The first-order valence-electron chi connectivity index (χ1n) is 6.59. The Hall–Kier alpha value is -2.09. The van der Waals surface area contributed by atoms with Crippen LogP contribution in [0.25, 0.3) is 0 Å². The summed E-state index contributed by atoms with van der Waals surface area (Å²) in [5, 5.41) is 4.07. The molecule has 7 nitrogen and oxygen atoms in total. The Bertz CT molecular complexity index is 719. The van der Waals surface area contributed by atoms with Crippen LogP contribution >= 0.6 is 0 Å². The minimum Gasteiger partial charge on any atom is -0.454 e. The van der Waals surface area contributed by atoms with Gasteiger partial charge in [0, 0.05) is 25.5 Å². The molecule has 8 heteroatoms. The highest BCUT2D eigenvalue weighted by Crippen LogP contribution is 2.14. The van der Waals surface area contributed by atoms with E-state index in [1.807, 2.05) is 6.07 Å². The molecule has 3 heterocycles. The number of carbonyl (C=O) groups is 1. The molecule has 1 saturated heterocycles. The van der Waals surface area contributed by atoms with Crippen molar-refractivity contribution < 1.29 is 17.6 Å². The van der Waals surface area contributed by atoms with Gasteiger partial charge in [0.15, 0.2) is 15.6 Å². The standard InChI is InChI=1S/C13H15N3O4S/c17-13(15-6-8-21(18,19)9-7-15)12-3-2-11(20-12)10-16-5-1-4-14-16/h1-5H,6-10H2. The van der Waals surface area contributed by atoms with Gasteiger partial charge in [0.05, 0.1) is 18.1 Å². The quantitative estimate of drug-likeness (QED) is 0.819. The Kier molecular flexibility index (Phi) is 3.54. The van der Waals surface area contributed by atoms with Crippen LogP contribution in [0.15, 0.2) is 35.0 Å². The van der Waals surface area contributed by atoms with E-state index < -0.39 is 9.84 Å². The lowest BCUT2D eigenvalue weighted by molar-refractivity contribution is 0.0736. The third-order valence-electron chi connectivity index (χ3n) is 3.38. The van der Waals surface area contributed by atoms with E-state index in [2.05, 4.69) is 5.10 Å². The van der Waals surface area contributed by atoms with E-state index in [4.69, 9.17) is 4.42 Å². The summed E-state index contributed by atoms with van der Waals surface area (Å²) in [6.07, 6.45) is 3.47. The van der Waals surface area contributed by atoms with Crippen LogP contribution in [0.3, 0.4) is 0 Å². The van der Waals surface area contributed by atoms with Crippen LogP contribution in [-0.2, 0) is 16.4 Å². The lowest BCUT2D eigenvalue weighted by Crippen LogP contribution is -2.43. The predicted octanol–water partition coefficient (Wildman–Crippen LogP) is 0.395. The fourth-order valence-electron chi connectivity index (χ4n) is 2.20. The van der Waals surface area contributed by atoms with Gasteiger partial charge < -0.3 is 9.32 Å². The Morgan fingerprint density at radius 2 is 2.05 bits per heavy atom. The molecule has 0 unspecified atom stereocenters. The van der Waals surface area contributed by atoms with Gasteiger partial charge in [0.1, 0.15) is 5.76 Å². The average molecular weight is 309 g/mol. The minimum absolute atomic E-state index is 0.0135. The SMILES string of the molecule is O=C(c1ccc(Cn2cccn2)o1)N1CCS(=O)(=O)CC1. The lowest BCUT2D eigenvalue weighted by atomic mass is 10.3. The highest BCUT2D eigenvalue weighted by atomic mass is 32.2. The van der Waals surface area contributed by atoms with Crippen LogP contribution in [0.4, 0.5) is 0 Å². The van der Waals surface area contributed by atoms with Crippen molar-refractivity contribution in [3.8, 4) is 0 Å². The Labute approximate surface area is 122 Å². The molecule has 2 aromatic rings. The molecule has 1 aliphatic heterocycles. The molecule has 0 radical (unpaired) electrons. The van der Waals surface area contributed by atoms with E-state index >= 15 is 0 Å². The van der Waals surface area contributed by atoms with Gasteiger partial charge in [-0.25, -0.2) is 8.42 Å². The van der Waals surface area contributed by atoms with Crippen molar-refractivity contribution in [3.05, 3.63) is 42.1 Å². The first-order chi connectivity index (χ1) is 10.0. The summed E-state index contributed by atoms with van der Waals surface area (Å²) in [5.74, 6) is 0.624. The molecule has 0 saturated carbocycles. The van der Waals surface area contributed by atoms with E-state index in [1.54, 1.807) is 29.2 Å². The van der Waals surface area contributed by atoms with E-state index in [0.29, 0.717) is 12.3 Å². The molecule has 0 atom stereocenters. The monoisotopic (exact) mass is 309 g/mol. The number of aromatic nitrogens is 2. The van der Waals surface area contributed by atoms with Gasteiger partial charge in [-0.05, 0) is 18.2 Å². The van der Waals surface area contributed by atoms with E-state index in [-0.39, 0.29) is 36.3 Å². The van der Waals surface area contributed by atoms with Crippen molar-refractivity contribution >= 4 is 15.7 Å². The summed E-state index contributed by atoms with van der Waals surface area (Å²) in [6, 6.07) is 5.16. The van der Waals surface area contributed by atoms with Crippen LogP contribution in [0, 0.1) is 0 Å². The third-order valence-corrected chi connectivity index (χ3v) is 4.99. The molecule has 1 amide bonds. The van der Waals surface area contributed by atoms with Crippen molar-refractivity contribution in [2.45, 2.75) is 6.54 Å². The first kappa shape index (κ1) is 13.9. The van der Waals surface area contributed by atoms with Crippen molar-refractivity contribution in [1.82, 2.24) is 14.7 Å². The molecule has 112 valence electrons. The van der Waals surface area contributed by atoms with Crippen molar-refractivity contribution in [2.75, 3.05) is 24.6 Å². The largest absolute Gasteiger partial charge is 0.454 e. The van der Waals surface area contributed by atoms with Crippen LogP contribution in [-0.4, -0.2) is 53.6 Å². The molecular formula is C13H15N3O4S. The summed E-state index contributed by atoms with van der Waals surface area (Å²) in [6.45, 7) is 0.890. The summed E-state index contributed by atoms with van der Waals surface area (Å²) in [7, 11) is -3.00. The summed E-state index contributed by atoms with van der Waals surface area (Å²) >= 11 is 0. The maximum absolute atomic E-state index is 12.2. The van der Waals surface area contributed by atoms with Gasteiger partial charge in [-0.15, -0.1) is 0 Å². The van der Waals surface area contributed by atoms with Gasteiger partial charge >= 0.3 is 0 Å². The molecule has 1 fully saturated rings. The smallest absolute Gasteiger partial charge is 0.289 e. The molecule has 0 spiro atoms. The van der Waals surface area contributed by atoms with Crippen molar-refractivity contribution in [3.63, 3.8) is 0 Å². The van der Waals surface area contributed by atoms with Gasteiger partial charge in [0.2, 0.25) is 0 Å². The fourth-order valence-corrected chi connectivity index (χ4v) is 3.40. The predicted molar refractivity (Wildman–Crippen MR) is 74.6 cm³/mol. The maximum atomic E-state index is 12.2. The zero-order valence-electron chi connectivity index (χ0n) is 11.3. The molecule has 3 rings (SSSR count). The molecule has 0 N–H and O–H groups in total. The van der Waals surface area contributed by atoms with Crippen LogP contribution in [0.1, 0.15) is 16.3 Å². The van der Waals surface area contributed by atoms with Crippen molar-refractivity contribution in [2.24, 2.45) is 0 Å². The third kappa shape index (κ3) is 3.15. The molecule has 0 bridgehead atoms.